The molecule has 1 aromatic rings. The van der Waals surface area contributed by atoms with Crippen molar-refractivity contribution in [3.8, 4) is 23.0 Å². The van der Waals surface area contributed by atoms with Gasteiger partial charge in [0.1, 0.15) is 0 Å². The molecule has 0 fully saturated rings. The van der Waals surface area contributed by atoms with Crippen LogP contribution in [0.15, 0.2) is 0 Å². The highest BCUT2D eigenvalue weighted by molar-refractivity contribution is 5.65. The molecule has 0 amide bonds. The molecule has 0 bridgehead atoms. The van der Waals surface area contributed by atoms with Gasteiger partial charge in [0, 0.05) is 11.1 Å². The Kier molecular flexibility index (Phi) is 6.25. The Balaban J connectivity index is 0.000000770. The van der Waals surface area contributed by atoms with Crippen molar-refractivity contribution in [3.05, 3.63) is 11.1 Å². The number of aromatic hydroxyl groups is 2. The van der Waals surface area contributed by atoms with Crippen LogP contribution >= 0.6 is 0 Å². The third kappa shape index (κ3) is 3.19. The van der Waals surface area contributed by atoms with Crippen LogP contribution in [0.5, 0.6) is 23.0 Å². The van der Waals surface area contributed by atoms with Gasteiger partial charge in [0.05, 0.1) is 14.2 Å². The van der Waals surface area contributed by atoms with Crippen LogP contribution in [-0.4, -0.2) is 24.4 Å². The zero-order valence-electron chi connectivity index (χ0n) is 11.4. The number of ether oxygens (including phenoxy) is 2. The van der Waals surface area contributed by atoms with Crippen molar-refractivity contribution >= 4 is 0 Å². The molecule has 0 aromatic heterocycles. The number of hydrogen-bond donors (Lipinski definition) is 2. The van der Waals surface area contributed by atoms with E-state index in [1.165, 1.54) is 20.6 Å². The van der Waals surface area contributed by atoms with Gasteiger partial charge in [-0.15, -0.1) is 0 Å². The molecule has 17 heavy (non-hydrogen) atoms. The third-order valence-corrected chi connectivity index (χ3v) is 2.32. The van der Waals surface area contributed by atoms with Gasteiger partial charge < -0.3 is 19.7 Å². The Bertz CT molecular complexity index is 337. The van der Waals surface area contributed by atoms with Gasteiger partial charge in [0.15, 0.2) is 11.5 Å². The summed E-state index contributed by atoms with van der Waals surface area (Å²) in [6.45, 7) is 7.65. The molecule has 1 rings (SSSR count). The van der Waals surface area contributed by atoms with Crippen molar-refractivity contribution in [2.75, 3.05) is 14.2 Å². The highest BCUT2D eigenvalue weighted by Crippen LogP contribution is 2.47. The van der Waals surface area contributed by atoms with Crippen molar-refractivity contribution < 1.29 is 19.7 Å². The maximum absolute atomic E-state index is 9.70. The van der Waals surface area contributed by atoms with E-state index in [0.29, 0.717) is 11.1 Å². The molecule has 1 aromatic carbocycles. The van der Waals surface area contributed by atoms with Crippen LogP contribution in [0.25, 0.3) is 0 Å². The first-order chi connectivity index (χ1) is 7.95. The normalized spacial score (nSPS) is 9.29. The van der Waals surface area contributed by atoms with Crippen molar-refractivity contribution in [2.45, 2.75) is 34.1 Å². The van der Waals surface area contributed by atoms with Gasteiger partial charge in [0.25, 0.3) is 0 Å². The van der Waals surface area contributed by atoms with Gasteiger partial charge in [-0.2, -0.15) is 0 Å². The largest absolute Gasteiger partial charge is 0.504 e. The van der Waals surface area contributed by atoms with Gasteiger partial charge in [-0.3, -0.25) is 0 Å². The molecule has 0 aliphatic heterocycles. The fourth-order valence-corrected chi connectivity index (χ4v) is 1.29. The minimum Gasteiger partial charge on any atom is -0.504 e. The highest BCUT2D eigenvalue weighted by Gasteiger charge is 2.20. The van der Waals surface area contributed by atoms with Crippen LogP contribution in [0.4, 0.5) is 0 Å². The van der Waals surface area contributed by atoms with Crippen LogP contribution in [0.1, 0.15) is 31.4 Å². The quantitative estimate of drug-likeness (QED) is 0.782. The van der Waals surface area contributed by atoms with E-state index in [2.05, 4.69) is 13.8 Å². The lowest BCUT2D eigenvalue weighted by atomic mass is 10.1. The Morgan fingerprint density at radius 1 is 0.824 bits per heavy atom. The van der Waals surface area contributed by atoms with E-state index in [-0.39, 0.29) is 23.0 Å². The van der Waals surface area contributed by atoms with E-state index in [1.54, 1.807) is 13.8 Å². The number of rotatable bonds is 2. The van der Waals surface area contributed by atoms with Gasteiger partial charge >= 0.3 is 0 Å². The summed E-state index contributed by atoms with van der Waals surface area (Å²) < 4.78 is 9.90. The Hall–Kier alpha value is -1.58. The molecule has 0 saturated heterocycles. The second-order valence-electron chi connectivity index (χ2n) is 3.72. The van der Waals surface area contributed by atoms with E-state index in [9.17, 15) is 10.2 Å². The number of phenols is 2. The minimum absolute atomic E-state index is 0.000324. The maximum Gasteiger partial charge on any atom is 0.207 e. The molecule has 98 valence electrons. The fraction of sp³-hybridized carbons (Fsp3) is 0.538. The molecule has 0 aliphatic carbocycles. The average Bonchev–Trinajstić information content (AvgIpc) is 2.31. The molecule has 0 saturated carbocycles. The summed E-state index contributed by atoms with van der Waals surface area (Å²) in [6, 6.07) is 0. The molecule has 4 heteroatoms. The monoisotopic (exact) mass is 242 g/mol. The lowest BCUT2D eigenvalue weighted by Crippen LogP contribution is -1.95. The molecule has 2 N–H and O–H groups in total. The van der Waals surface area contributed by atoms with Crippen LogP contribution in [0, 0.1) is 13.8 Å². The average molecular weight is 242 g/mol. The molecule has 0 unspecified atom stereocenters. The van der Waals surface area contributed by atoms with Crippen molar-refractivity contribution in [3.63, 3.8) is 0 Å². The minimum atomic E-state index is -0.000324. The lowest BCUT2D eigenvalue weighted by molar-refractivity contribution is 0.314. The van der Waals surface area contributed by atoms with E-state index < -0.39 is 0 Å². The summed E-state index contributed by atoms with van der Waals surface area (Å²) in [5.41, 5.74) is 1.17. The second-order valence-corrected chi connectivity index (χ2v) is 3.72. The van der Waals surface area contributed by atoms with E-state index in [1.807, 2.05) is 0 Å². The van der Waals surface area contributed by atoms with Crippen molar-refractivity contribution in [1.29, 1.82) is 0 Å². The first-order valence-corrected chi connectivity index (χ1v) is 5.59. The molecular formula is C13H22O4. The van der Waals surface area contributed by atoms with Crippen LogP contribution < -0.4 is 9.47 Å². The second kappa shape index (κ2) is 6.89. The zero-order chi connectivity index (χ0) is 13.6. The fourth-order valence-electron chi connectivity index (χ4n) is 1.29. The Morgan fingerprint density at radius 3 is 1.24 bits per heavy atom. The smallest absolute Gasteiger partial charge is 0.207 e. The maximum atomic E-state index is 9.70. The van der Waals surface area contributed by atoms with Crippen LogP contribution in [0.3, 0.4) is 0 Å². The molecule has 0 atom stereocenters. The number of hydrogen-bond acceptors (Lipinski definition) is 4. The summed E-state index contributed by atoms with van der Waals surface area (Å²) >= 11 is 0. The predicted octanol–water partition coefficient (Wildman–Crippen LogP) is 3.15. The summed E-state index contributed by atoms with van der Waals surface area (Å²) in [6.07, 6.45) is 1.25. The number of phenolic OH excluding ortho intramolecular Hbond substituents is 2. The molecule has 0 aliphatic rings. The van der Waals surface area contributed by atoms with Gasteiger partial charge in [-0.1, -0.05) is 20.3 Å². The van der Waals surface area contributed by atoms with Gasteiger partial charge in [0.2, 0.25) is 11.5 Å². The Labute approximate surface area is 103 Å². The Morgan fingerprint density at radius 2 is 1.06 bits per heavy atom. The molecular weight excluding hydrogens is 220 g/mol. The third-order valence-electron chi connectivity index (χ3n) is 2.32. The van der Waals surface area contributed by atoms with E-state index >= 15 is 0 Å². The highest BCUT2D eigenvalue weighted by atomic mass is 16.5. The van der Waals surface area contributed by atoms with E-state index in [4.69, 9.17) is 9.47 Å². The topological polar surface area (TPSA) is 58.9 Å². The summed E-state index contributed by atoms with van der Waals surface area (Å²) in [7, 11) is 2.82. The molecule has 0 spiro atoms. The number of benzene rings is 1. The molecule has 4 nitrogen and oxygen atoms in total. The van der Waals surface area contributed by atoms with Gasteiger partial charge in [-0.05, 0) is 13.8 Å². The molecule has 0 heterocycles. The lowest BCUT2D eigenvalue weighted by Gasteiger charge is -2.15. The van der Waals surface area contributed by atoms with E-state index in [0.717, 1.165) is 0 Å². The van der Waals surface area contributed by atoms with Crippen LogP contribution in [-0.2, 0) is 0 Å². The number of methoxy groups -OCH3 is 2. The molecule has 0 radical (unpaired) electrons. The van der Waals surface area contributed by atoms with Crippen molar-refractivity contribution in [2.24, 2.45) is 0 Å². The van der Waals surface area contributed by atoms with Crippen molar-refractivity contribution in [1.82, 2.24) is 0 Å². The van der Waals surface area contributed by atoms with Crippen LogP contribution in [0.2, 0.25) is 0 Å². The van der Waals surface area contributed by atoms with Gasteiger partial charge in [-0.25, -0.2) is 0 Å². The SMILES string of the molecule is CCC.COc1c(O)c(C)c(C)c(O)c1OC. The predicted molar refractivity (Wildman–Crippen MR) is 68.3 cm³/mol. The standard InChI is InChI=1S/C10H14O4.C3H8/c1-5-6(2)8(12)10(14-4)9(13-3)7(5)11;1-3-2/h11-12H,1-4H3;3H2,1-2H3. The first-order valence-electron chi connectivity index (χ1n) is 5.59. The zero-order valence-corrected chi connectivity index (χ0v) is 11.4. The summed E-state index contributed by atoms with van der Waals surface area (Å²) in [5, 5.41) is 19.4. The summed E-state index contributed by atoms with van der Waals surface area (Å²) in [4.78, 5) is 0. The summed E-state index contributed by atoms with van der Waals surface area (Å²) in [5.74, 6) is 0.320. The first kappa shape index (κ1) is 15.4.